The van der Waals surface area contributed by atoms with E-state index in [1.807, 2.05) is 0 Å². The monoisotopic (exact) mass is 297 g/mol. The largest absolute Gasteiger partial charge is 0.481 e. The molecule has 0 fully saturated rings. The summed E-state index contributed by atoms with van der Waals surface area (Å²) in [5, 5.41) is 0.415. The van der Waals surface area contributed by atoms with E-state index in [1.54, 1.807) is 23.7 Å². The van der Waals surface area contributed by atoms with Gasteiger partial charge < -0.3 is 4.74 Å². The summed E-state index contributed by atoms with van der Waals surface area (Å²) in [6.07, 6.45) is -5.53. The molecule has 4 nitrogen and oxygen atoms in total. The maximum absolute atomic E-state index is 11.8. The Kier molecular flexibility index (Phi) is 5.44. The number of hydroxylamine groups is 1. The van der Waals surface area contributed by atoms with Gasteiger partial charge in [0, 0.05) is 5.02 Å². The predicted octanol–water partition coefficient (Wildman–Crippen LogP) is 2.72. The highest BCUT2D eigenvalue weighted by Crippen LogP contribution is 2.18. The van der Waals surface area contributed by atoms with Gasteiger partial charge in [-0.05, 0) is 25.1 Å². The highest BCUT2D eigenvalue weighted by molar-refractivity contribution is 6.30. The second-order valence-electron chi connectivity index (χ2n) is 3.59. The third-order valence-corrected chi connectivity index (χ3v) is 2.12. The lowest BCUT2D eigenvalue weighted by Gasteiger charge is -2.15. The van der Waals surface area contributed by atoms with Crippen LogP contribution in [-0.2, 0) is 9.63 Å². The molecule has 1 aromatic rings. The number of halogens is 4. The van der Waals surface area contributed by atoms with E-state index >= 15 is 0 Å². The van der Waals surface area contributed by atoms with E-state index in [2.05, 4.69) is 4.84 Å². The second kappa shape index (κ2) is 6.63. The quantitative estimate of drug-likeness (QED) is 0.850. The fourth-order valence-electron chi connectivity index (χ4n) is 1.07. The zero-order valence-electron chi connectivity index (χ0n) is 9.83. The Morgan fingerprint density at radius 1 is 1.47 bits per heavy atom. The molecule has 106 valence electrons. The van der Waals surface area contributed by atoms with Crippen molar-refractivity contribution in [3.8, 4) is 5.75 Å². The van der Waals surface area contributed by atoms with Crippen LogP contribution in [0, 0.1) is 0 Å². The number of amides is 1. The van der Waals surface area contributed by atoms with Crippen LogP contribution >= 0.6 is 11.6 Å². The normalized spacial score (nSPS) is 12.9. The van der Waals surface area contributed by atoms with Gasteiger partial charge >= 0.3 is 6.18 Å². The summed E-state index contributed by atoms with van der Waals surface area (Å²) in [6.45, 7) is -0.199. The summed E-state index contributed by atoms with van der Waals surface area (Å²) >= 11 is 5.71. The number of alkyl halides is 3. The number of nitrogens with one attached hydrogen (secondary N) is 1. The van der Waals surface area contributed by atoms with Crippen LogP contribution in [-0.4, -0.2) is 24.8 Å². The van der Waals surface area contributed by atoms with Gasteiger partial charge in [0.1, 0.15) is 5.75 Å². The molecule has 1 rings (SSSR count). The Bertz CT molecular complexity index is 439. The van der Waals surface area contributed by atoms with E-state index in [0.717, 1.165) is 0 Å². The molecule has 0 saturated heterocycles. The molecule has 8 heteroatoms. The SMILES string of the molecule is CC(Oc1cccc(Cl)c1)C(=O)NOCC(F)(F)F. The fraction of sp³-hybridized carbons (Fsp3) is 0.364. The van der Waals surface area contributed by atoms with Crippen molar-refractivity contribution in [3.05, 3.63) is 29.3 Å². The number of carbonyl (C=O) groups is 1. The first-order chi connectivity index (χ1) is 8.78. The van der Waals surface area contributed by atoms with Crippen molar-refractivity contribution in [2.75, 3.05) is 6.61 Å². The number of rotatable bonds is 5. The van der Waals surface area contributed by atoms with Crippen LogP contribution in [0.2, 0.25) is 5.02 Å². The average Bonchev–Trinajstić information content (AvgIpc) is 2.27. The van der Waals surface area contributed by atoms with Crippen LogP contribution in [0.3, 0.4) is 0 Å². The molecular formula is C11H11ClF3NO3. The molecule has 0 bridgehead atoms. The van der Waals surface area contributed by atoms with E-state index in [4.69, 9.17) is 16.3 Å². The second-order valence-corrected chi connectivity index (χ2v) is 4.02. The van der Waals surface area contributed by atoms with Gasteiger partial charge in [-0.2, -0.15) is 13.2 Å². The summed E-state index contributed by atoms with van der Waals surface area (Å²) in [4.78, 5) is 15.4. The predicted molar refractivity (Wildman–Crippen MR) is 61.7 cm³/mol. The Labute approximate surface area is 112 Å². The third kappa shape index (κ3) is 6.30. The van der Waals surface area contributed by atoms with Crippen molar-refractivity contribution in [1.29, 1.82) is 0 Å². The van der Waals surface area contributed by atoms with Gasteiger partial charge in [-0.15, -0.1) is 0 Å². The number of benzene rings is 1. The van der Waals surface area contributed by atoms with Gasteiger partial charge in [0.2, 0.25) is 0 Å². The number of hydrogen-bond donors (Lipinski definition) is 1. The maximum atomic E-state index is 11.8. The van der Waals surface area contributed by atoms with Crippen molar-refractivity contribution in [2.24, 2.45) is 0 Å². The summed E-state index contributed by atoms with van der Waals surface area (Å²) in [5.41, 5.74) is 1.66. The first-order valence-electron chi connectivity index (χ1n) is 5.18. The Morgan fingerprint density at radius 2 is 2.16 bits per heavy atom. The van der Waals surface area contributed by atoms with Crippen LogP contribution in [0.4, 0.5) is 13.2 Å². The zero-order chi connectivity index (χ0) is 14.5. The molecule has 0 radical (unpaired) electrons. The molecule has 1 unspecified atom stereocenters. The van der Waals surface area contributed by atoms with Crippen LogP contribution in [0.1, 0.15) is 6.92 Å². The van der Waals surface area contributed by atoms with Crippen molar-refractivity contribution in [2.45, 2.75) is 19.2 Å². The lowest BCUT2D eigenvalue weighted by molar-refractivity contribution is -0.193. The van der Waals surface area contributed by atoms with Crippen LogP contribution in [0.5, 0.6) is 5.75 Å². The van der Waals surface area contributed by atoms with Gasteiger partial charge in [-0.25, -0.2) is 5.48 Å². The molecule has 1 N–H and O–H groups in total. The minimum atomic E-state index is -4.51. The van der Waals surface area contributed by atoms with Crippen LogP contribution in [0.25, 0.3) is 0 Å². The summed E-state index contributed by atoms with van der Waals surface area (Å²) in [6, 6.07) is 6.27. The van der Waals surface area contributed by atoms with Crippen molar-refractivity contribution in [1.82, 2.24) is 5.48 Å². The van der Waals surface area contributed by atoms with Crippen LogP contribution < -0.4 is 10.2 Å². The summed E-state index contributed by atoms with van der Waals surface area (Å²) < 4.78 is 40.5. The maximum Gasteiger partial charge on any atom is 0.414 e. The molecule has 0 saturated carbocycles. The average molecular weight is 298 g/mol. The van der Waals surface area contributed by atoms with Gasteiger partial charge in [-0.3, -0.25) is 9.63 Å². The number of carbonyl (C=O) groups excluding carboxylic acids is 1. The van der Waals surface area contributed by atoms with Gasteiger partial charge in [0.15, 0.2) is 12.7 Å². The molecule has 0 aromatic heterocycles. The lowest BCUT2D eigenvalue weighted by atomic mass is 10.3. The van der Waals surface area contributed by atoms with Crippen LogP contribution in [0.15, 0.2) is 24.3 Å². The van der Waals surface area contributed by atoms with Gasteiger partial charge in [-0.1, -0.05) is 17.7 Å². The van der Waals surface area contributed by atoms with Gasteiger partial charge in [0.05, 0.1) is 0 Å². The molecule has 0 aliphatic heterocycles. The fourth-order valence-corrected chi connectivity index (χ4v) is 1.25. The molecule has 19 heavy (non-hydrogen) atoms. The summed E-state index contributed by atoms with van der Waals surface area (Å²) in [5.74, 6) is -0.504. The van der Waals surface area contributed by atoms with Crippen molar-refractivity contribution in [3.63, 3.8) is 0 Å². The molecular weight excluding hydrogens is 287 g/mol. The zero-order valence-corrected chi connectivity index (χ0v) is 10.6. The van der Waals surface area contributed by atoms with E-state index < -0.39 is 24.8 Å². The van der Waals surface area contributed by atoms with Crippen molar-refractivity contribution < 1.29 is 27.5 Å². The molecule has 0 aliphatic rings. The minimum Gasteiger partial charge on any atom is -0.481 e. The van der Waals surface area contributed by atoms with E-state index in [1.165, 1.54) is 13.0 Å². The highest BCUT2D eigenvalue weighted by atomic mass is 35.5. The highest BCUT2D eigenvalue weighted by Gasteiger charge is 2.28. The lowest BCUT2D eigenvalue weighted by Crippen LogP contribution is -2.38. The minimum absolute atomic E-state index is 0.325. The Balaban J connectivity index is 2.41. The number of ether oxygens (including phenoxy) is 1. The Hall–Kier alpha value is -1.47. The molecule has 0 aliphatic carbocycles. The molecule has 1 amide bonds. The molecule has 0 heterocycles. The molecule has 1 aromatic carbocycles. The van der Waals surface area contributed by atoms with Crippen molar-refractivity contribution >= 4 is 17.5 Å². The molecule has 1 atom stereocenters. The standard InChI is InChI=1S/C11H11ClF3NO3/c1-7(10(17)16-18-6-11(13,14)15)19-9-4-2-3-8(12)5-9/h2-5,7H,6H2,1H3,(H,16,17). The van der Waals surface area contributed by atoms with Gasteiger partial charge in [0.25, 0.3) is 5.91 Å². The smallest absolute Gasteiger partial charge is 0.414 e. The first kappa shape index (κ1) is 15.6. The first-order valence-corrected chi connectivity index (χ1v) is 5.56. The topological polar surface area (TPSA) is 47.6 Å². The molecule has 0 spiro atoms. The third-order valence-electron chi connectivity index (χ3n) is 1.89. The van der Waals surface area contributed by atoms with E-state index in [-0.39, 0.29) is 0 Å². The summed E-state index contributed by atoms with van der Waals surface area (Å²) in [7, 11) is 0. The number of hydrogen-bond acceptors (Lipinski definition) is 3. The van der Waals surface area contributed by atoms with E-state index in [0.29, 0.717) is 10.8 Å². The Morgan fingerprint density at radius 3 is 2.74 bits per heavy atom. The van der Waals surface area contributed by atoms with E-state index in [9.17, 15) is 18.0 Å².